The Morgan fingerprint density at radius 3 is 2.60 bits per heavy atom. The van der Waals surface area contributed by atoms with Crippen molar-refractivity contribution in [1.82, 2.24) is 0 Å². The highest BCUT2D eigenvalue weighted by Gasteiger charge is 2.46. The van der Waals surface area contributed by atoms with Crippen LogP contribution in [0.5, 0.6) is 0 Å². The summed E-state index contributed by atoms with van der Waals surface area (Å²) in [6.07, 6.45) is 3.87. The maximum atomic E-state index is 11.9. The highest BCUT2D eigenvalue weighted by atomic mass is 35.5. The summed E-state index contributed by atoms with van der Waals surface area (Å²) in [5.74, 6) is 0.0276. The predicted octanol–water partition coefficient (Wildman–Crippen LogP) is 3.17. The molecule has 1 aromatic carbocycles. The first-order valence-electron chi connectivity index (χ1n) is 4.36. The van der Waals surface area contributed by atoms with Crippen molar-refractivity contribution in [2.24, 2.45) is 0 Å². The first kappa shape index (κ1) is 11.2. The second kappa shape index (κ2) is 3.92. The number of fused-ring (bicyclic) bond motifs is 1. The Hall–Kier alpha value is -0.320. The topological polar surface area (TPSA) is 29.1 Å². The van der Waals surface area contributed by atoms with Crippen LogP contribution in [0.25, 0.3) is 0 Å². The summed E-state index contributed by atoms with van der Waals surface area (Å²) in [5, 5.41) is 3.54. The minimum Gasteiger partial charge on any atom is -0.323 e. The van der Waals surface area contributed by atoms with Crippen molar-refractivity contribution >= 4 is 46.7 Å². The number of carbonyl (C=O) groups excluding carboxylic acids is 1. The van der Waals surface area contributed by atoms with Crippen LogP contribution in [0, 0.1) is 0 Å². The molecule has 1 aliphatic heterocycles. The molecule has 1 aromatic rings. The molecule has 0 unspecified atom stereocenters. The van der Waals surface area contributed by atoms with Gasteiger partial charge < -0.3 is 5.32 Å². The summed E-state index contributed by atoms with van der Waals surface area (Å²) >= 11 is 9.02. The van der Waals surface area contributed by atoms with Gasteiger partial charge >= 0.3 is 0 Å². The van der Waals surface area contributed by atoms with Gasteiger partial charge in [-0.25, -0.2) is 0 Å². The fraction of sp³-hybridized carbons (Fsp3) is 0.300. The molecule has 0 atom stereocenters. The van der Waals surface area contributed by atoms with E-state index in [-0.39, 0.29) is 5.91 Å². The molecule has 0 fully saturated rings. The van der Waals surface area contributed by atoms with Gasteiger partial charge in [-0.15, -0.1) is 23.5 Å². The standard InChI is InChI=1S/C10H10ClNOS2/c1-14-10(15-2)7-5-6(11)3-4-8(7)12-9(10)13/h3-5H,1-2H3,(H,12,13). The van der Waals surface area contributed by atoms with Gasteiger partial charge in [-0.3, -0.25) is 4.79 Å². The van der Waals surface area contributed by atoms with E-state index in [0.717, 1.165) is 11.3 Å². The fourth-order valence-corrected chi connectivity index (χ4v) is 3.80. The number of hydrogen-bond donors (Lipinski definition) is 1. The lowest BCUT2D eigenvalue weighted by Crippen LogP contribution is -2.26. The van der Waals surface area contributed by atoms with E-state index in [0.29, 0.717) is 5.02 Å². The average Bonchev–Trinajstić information content (AvgIpc) is 2.50. The molecule has 2 rings (SSSR count). The minimum absolute atomic E-state index is 0.0276. The number of anilines is 1. The van der Waals surface area contributed by atoms with Crippen LogP contribution in [-0.4, -0.2) is 18.4 Å². The van der Waals surface area contributed by atoms with Crippen molar-refractivity contribution in [3.05, 3.63) is 28.8 Å². The molecule has 0 aromatic heterocycles. The molecule has 0 saturated carbocycles. The molecule has 0 radical (unpaired) electrons. The van der Waals surface area contributed by atoms with E-state index in [9.17, 15) is 4.79 Å². The Morgan fingerprint density at radius 2 is 2.00 bits per heavy atom. The molecule has 15 heavy (non-hydrogen) atoms. The van der Waals surface area contributed by atoms with E-state index in [1.807, 2.05) is 24.6 Å². The van der Waals surface area contributed by atoms with Crippen LogP contribution < -0.4 is 5.32 Å². The molecule has 1 heterocycles. The molecular weight excluding hydrogens is 250 g/mol. The highest BCUT2D eigenvalue weighted by molar-refractivity contribution is 8.18. The lowest BCUT2D eigenvalue weighted by atomic mass is 10.1. The average molecular weight is 260 g/mol. The van der Waals surface area contributed by atoms with Gasteiger partial charge in [0.05, 0.1) is 0 Å². The summed E-state index contributed by atoms with van der Waals surface area (Å²) < 4.78 is -0.541. The van der Waals surface area contributed by atoms with Gasteiger partial charge in [0, 0.05) is 16.3 Å². The number of hydrogen-bond acceptors (Lipinski definition) is 3. The third-order valence-corrected chi connectivity index (χ3v) is 5.65. The van der Waals surface area contributed by atoms with E-state index >= 15 is 0 Å². The molecule has 1 aliphatic rings. The Balaban J connectivity index is 2.61. The first-order chi connectivity index (χ1) is 7.14. The zero-order chi connectivity index (χ0) is 11.1. The largest absolute Gasteiger partial charge is 0.323 e. The van der Waals surface area contributed by atoms with E-state index in [4.69, 9.17) is 11.6 Å². The Bertz CT molecular complexity index is 418. The molecule has 0 bridgehead atoms. The van der Waals surface area contributed by atoms with Gasteiger partial charge in [-0.05, 0) is 30.7 Å². The summed E-state index contributed by atoms with van der Waals surface area (Å²) in [7, 11) is 0. The second-order valence-electron chi connectivity index (χ2n) is 3.17. The molecule has 0 aliphatic carbocycles. The third-order valence-electron chi connectivity index (χ3n) is 2.46. The van der Waals surface area contributed by atoms with Gasteiger partial charge in [0.15, 0.2) is 4.08 Å². The normalized spacial score (nSPS) is 17.4. The van der Waals surface area contributed by atoms with Crippen LogP contribution >= 0.6 is 35.1 Å². The van der Waals surface area contributed by atoms with Crippen LogP contribution in [0.3, 0.4) is 0 Å². The van der Waals surface area contributed by atoms with Crippen molar-refractivity contribution in [2.75, 3.05) is 17.8 Å². The lowest BCUT2D eigenvalue weighted by molar-refractivity contribution is -0.116. The smallest absolute Gasteiger partial charge is 0.255 e. The van der Waals surface area contributed by atoms with Crippen molar-refractivity contribution in [3.63, 3.8) is 0 Å². The number of carbonyl (C=O) groups is 1. The molecule has 5 heteroatoms. The molecule has 1 amide bonds. The SMILES string of the molecule is CSC1(SC)C(=O)Nc2ccc(Cl)cc21. The number of benzene rings is 1. The third kappa shape index (κ3) is 1.55. The van der Waals surface area contributed by atoms with Crippen LogP contribution in [0.1, 0.15) is 5.56 Å². The summed E-state index contributed by atoms with van der Waals surface area (Å²) in [5.41, 5.74) is 1.84. The van der Waals surface area contributed by atoms with Gasteiger partial charge in [0.2, 0.25) is 0 Å². The zero-order valence-corrected chi connectivity index (χ0v) is 10.7. The van der Waals surface area contributed by atoms with Crippen molar-refractivity contribution in [3.8, 4) is 0 Å². The Kier molecular flexibility index (Phi) is 2.92. The molecule has 1 N–H and O–H groups in total. The maximum Gasteiger partial charge on any atom is 0.255 e. The second-order valence-corrected chi connectivity index (χ2v) is 5.90. The number of thioether (sulfide) groups is 2. The Labute approximate surface area is 102 Å². The van der Waals surface area contributed by atoms with Gasteiger partial charge in [-0.1, -0.05) is 11.6 Å². The summed E-state index contributed by atoms with van der Waals surface area (Å²) in [6.45, 7) is 0. The minimum atomic E-state index is -0.541. The number of amides is 1. The van der Waals surface area contributed by atoms with Gasteiger partial charge in [0.1, 0.15) is 0 Å². The summed E-state index contributed by atoms with van der Waals surface area (Å²) in [4.78, 5) is 11.9. The maximum absolute atomic E-state index is 11.9. The quantitative estimate of drug-likeness (QED) is 0.828. The fourth-order valence-electron chi connectivity index (χ4n) is 1.71. The number of rotatable bonds is 2. The van der Waals surface area contributed by atoms with Gasteiger partial charge in [0.25, 0.3) is 5.91 Å². The van der Waals surface area contributed by atoms with Crippen LogP contribution in [-0.2, 0) is 8.87 Å². The molecule has 80 valence electrons. The van der Waals surface area contributed by atoms with Crippen LogP contribution in [0.4, 0.5) is 5.69 Å². The first-order valence-corrected chi connectivity index (χ1v) is 7.18. The van der Waals surface area contributed by atoms with E-state index in [1.165, 1.54) is 23.5 Å². The van der Waals surface area contributed by atoms with Crippen molar-refractivity contribution < 1.29 is 4.79 Å². The Morgan fingerprint density at radius 1 is 1.33 bits per heavy atom. The molecule has 0 spiro atoms. The van der Waals surface area contributed by atoms with Crippen molar-refractivity contribution in [2.45, 2.75) is 4.08 Å². The zero-order valence-electron chi connectivity index (χ0n) is 8.33. The van der Waals surface area contributed by atoms with Crippen LogP contribution in [0.2, 0.25) is 5.02 Å². The monoisotopic (exact) mass is 259 g/mol. The predicted molar refractivity (Wildman–Crippen MR) is 68.8 cm³/mol. The van der Waals surface area contributed by atoms with E-state index < -0.39 is 4.08 Å². The highest BCUT2D eigenvalue weighted by Crippen LogP contribution is 2.52. The molecular formula is C10H10ClNOS2. The molecule has 0 saturated heterocycles. The summed E-state index contributed by atoms with van der Waals surface area (Å²) in [6, 6.07) is 5.50. The van der Waals surface area contributed by atoms with E-state index in [1.54, 1.807) is 6.07 Å². The van der Waals surface area contributed by atoms with Gasteiger partial charge in [-0.2, -0.15) is 0 Å². The molecule has 2 nitrogen and oxygen atoms in total. The number of halogens is 1. The van der Waals surface area contributed by atoms with Crippen molar-refractivity contribution in [1.29, 1.82) is 0 Å². The number of nitrogens with one attached hydrogen (secondary N) is 1. The van der Waals surface area contributed by atoms with Crippen LogP contribution in [0.15, 0.2) is 18.2 Å². The van der Waals surface area contributed by atoms with E-state index in [2.05, 4.69) is 5.32 Å². The lowest BCUT2D eigenvalue weighted by Gasteiger charge is -2.22.